The Morgan fingerprint density at radius 3 is 1.04 bits per heavy atom. The zero-order chi connectivity index (χ0) is 79.5. The predicted molar refractivity (Wildman–Crippen MR) is 406 cm³/mol. The van der Waals surface area contributed by atoms with Crippen molar-refractivity contribution in [1.29, 1.82) is 0 Å². The van der Waals surface area contributed by atoms with Crippen molar-refractivity contribution in [3.63, 3.8) is 0 Å². The minimum Gasteiger partial charge on any atom is -0.497 e. The van der Waals surface area contributed by atoms with Crippen molar-refractivity contribution in [3.8, 4) is 23.0 Å². The highest BCUT2D eigenvalue weighted by Gasteiger charge is 2.39. The van der Waals surface area contributed by atoms with Gasteiger partial charge in [-0.3, -0.25) is 4.79 Å². The van der Waals surface area contributed by atoms with E-state index in [-0.39, 0.29) is 55.5 Å². The Balaban J connectivity index is 0.000000283. The number of aliphatic hydroxyl groups excluding tert-OH is 2. The highest BCUT2D eigenvalue weighted by Crippen LogP contribution is 2.36. The summed E-state index contributed by atoms with van der Waals surface area (Å²) in [6, 6.07) is 12.8. The SMILES string of the molecule is COc1cc(C)c(S(=O)(=O)Cl)c(C)c1.COc1cc(C)c(S(=O)(=O)N2CCCC[C@H]2CO)c(C)c1.COc1cc(C)c(S(=O)(=O)N2CCCC[C@H]2COCC(=O)O)c(C)c1.COc1cc(C)c(S(=O)(=O)N2CCCC[C@H]2COCC(=O)OC(C)(C)C)c(C)c1.O=C(O)[C@@H]1CCCCN1.OC[C@@H]1CCCCN1. The van der Waals surface area contributed by atoms with Crippen LogP contribution < -0.4 is 29.6 Å². The van der Waals surface area contributed by atoms with Crippen LogP contribution in [0.25, 0.3) is 0 Å². The summed E-state index contributed by atoms with van der Waals surface area (Å²) in [4.78, 5) is 33.9. The third-order valence-corrected chi connectivity index (χ3v) is 26.6. The van der Waals surface area contributed by atoms with E-state index < -0.39 is 69.2 Å². The van der Waals surface area contributed by atoms with Gasteiger partial charge in [-0.25, -0.2) is 43.3 Å². The molecule has 0 spiro atoms. The fourth-order valence-electron chi connectivity index (χ4n) is 13.5. The van der Waals surface area contributed by atoms with Gasteiger partial charge in [0.25, 0.3) is 9.05 Å². The Hall–Kier alpha value is -5.78. The van der Waals surface area contributed by atoms with Gasteiger partial charge in [-0.1, -0.05) is 32.1 Å². The van der Waals surface area contributed by atoms with Gasteiger partial charge >= 0.3 is 17.9 Å². The fraction of sp³-hybridized carbons (Fsp3) is 0.635. The van der Waals surface area contributed by atoms with Crippen molar-refractivity contribution in [3.05, 3.63) is 93.0 Å². The topological polar surface area (TPSA) is 367 Å². The number of carboxylic acid groups (broad SMARTS) is 2. The van der Waals surface area contributed by atoms with Gasteiger partial charge in [-0.15, -0.1) is 0 Å². The molecule has 5 aliphatic rings. The van der Waals surface area contributed by atoms with Crippen LogP contribution in [0.3, 0.4) is 0 Å². The average molecular weight is 1590 g/mol. The first-order valence-electron chi connectivity index (χ1n) is 35.9. The summed E-state index contributed by atoms with van der Waals surface area (Å²) in [6.45, 7) is 22.4. The number of aliphatic hydroxyl groups is 2. The van der Waals surface area contributed by atoms with Crippen molar-refractivity contribution >= 4 is 67.7 Å². The van der Waals surface area contributed by atoms with Crippen LogP contribution in [0.15, 0.2) is 68.1 Å². The minimum atomic E-state index is -3.70. The number of carbonyl (C=O) groups excluding carboxylic acids is 1. The van der Waals surface area contributed by atoms with Gasteiger partial charge in [0, 0.05) is 54.5 Å². The van der Waals surface area contributed by atoms with Gasteiger partial charge in [-0.05, 0) is 246 Å². The predicted octanol–water partition coefficient (Wildman–Crippen LogP) is 9.59. The molecule has 5 aliphatic heterocycles. The number of piperidine rings is 5. The molecule has 106 heavy (non-hydrogen) atoms. The molecule has 4 aromatic rings. The first kappa shape index (κ1) is 92.6. The Labute approximate surface area is 633 Å². The molecule has 0 saturated carbocycles. The summed E-state index contributed by atoms with van der Waals surface area (Å²) in [5.74, 6) is 0.306. The number of carboxylic acids is 2. The van der Waals surface area contributed by atoms with E-state index in [0.29, 0.717) is 134 Å². The standard InChI is InChI=1S/C21H33NO6S.C17H25NO6S.C15H23NO4S.C9H11ClO3S.C6H11NO2.C6H13NO/c1-15-11-18(26-6)12-16(2)20(15)29(24,25)22-10-8-7-9-17(22)13-27-14-19(23)28-21(3,4)5;1-12-8-15(23-3)9-13(2)17(12)25(21,22)18-7-5-4-6-14(18)10-24-11-16(19)20;1-11-8-14(20-3)9-12(2)15(11)21(18,19)16-7-5-4-6-13(16)10-17;1-6-4-8(13-3)5-7(2)9(6)14(10,11)12;8-6(9)5-3-1-2-4-7-5;8-5-6-3-1-2-4-7-6/h11-12,17H,7-10,13-14H2,1-6H3;8-9,14H,4-7,10-11H2,1-3H3,(H,19,20);8-9,13,17H,4-7,10H2,1-3H3;4-5H,1-3H3;5,7H,1-4H2,(H,8,9);6-8H,1-5H2/t17-;14-;13-;;5-;6-/m000.00/s1. The molecule has 0 aromatic heterocycles. The smallest absolute Gasteiger partial charge is 0.332 e. The normalized spacial score (nSPS) is 19.7. The third-order valence-electron chi connectivity index (χ3n) is 18.3. The maximum atomic E-state index is 13.5. The van der Waals surface area contributed by atoms with E-state index in [0.717, 1.165) is 77.3 Å². The molecule has 27 nitrogen and oxygen atoms in total. The van der Waals surface area contributed by atoms with Gasteiger partial charge in [0.1, 0.15) is 47.9 Å². The summed E-state index contributed by atoms with van der Waals surface area (Å²) in [5.41, 5.74) is 4.53. The zero-order valence-corrected chi connectivity index (χ0v) is 68.4. The van der Waals surface area contributed by atoms with Gasteiger partial charge < -0.3 is 64.2 Å². The van der Waals surface area contributed by atoms with Gasteiger partial charge in [0.2, 0.25) is 30.1 Å². The molecule has 5 fully saturated rings. The van der Waals surface area contributed by atoms with E-state index in [4.69, 9.17) is 59.2 Å². The first-order chi connectivity index (χ1) is 49.7. The molecule has 0 radical (unpaired) electrons. The zero-order valence-electron chi connectivity index (χ0n) is 64.4. The van der Waals surface area contributed by atoms with E-state index in [1.807, 2.05) is 0 Å². The van der Waals surface area contributed by atoms with E-state index >= 15 is 0 Å². The number of hydrogen-bond acceptors (Lipinski definition) is 22. The summed E-state index contributed by atoms with van der Waals surface area (Å²) >= 11 is 0. The number of hydrogen-bond donors (Lipinski definition) is 6. The van der Waals surface area contributed by atoms with Gasteiger partial charge in [0.15, 0.2) is 0 Å². The fourth-order valence-corrected chi connectivity index (χ4v) is 21.4. The van der Waals surface area contributed by atoms with E-state index in [9.17, 15) is 53.2 Å². The maximum Gasteiger partial charge on any atom is 0.332 e. The molecule has 6 N–H and O–H groups in total. The lowest BCUT2D eigenvalue weighted by atomic mass is 10.1. The van der Waals surface area contributed by atoms with E-state index in [2.05, 4.69) is 10.6 Å². The van der Waals surface area contributed by atoms with Crippen molar-refractivity contribution < 1.29 is 102 Å². The Bertz CT molecular complexity index is 3890. The third kappa shape index (κ3) is 28.0. The lowest BCUT2D eigenvalue weighted by Crippen LogP contribution is -2.46. The molecule has 0 bridgehead atoms. The monoisotopic (exact) mass is 1590 g/mol. The summed E-state index contributed by atoms with van der Waals surface area (Å²) in [5, 5.41) is 41.4. The van der Waals surface area contributed by atoms with Crippen LogP contribution in [-0.2, 0) is 67.7 Å². The number of ether oxygens (including phenoxy) is 7. The number of nitrogens with zero attached hydrogens (tertiary/aromatic N) is 3. The van der Waals surface area contributed by atoms with Crippen molar-refractivity contribution in [2.45, 2.75) is 228 Å². The van der Waals surface area contributed by atoms with Gasteiger partial charge in [0.05, 0.1) is 74.4 Å². The second-order valence-electron chi connectivity index (χ2n) is 28.0. The number of aryl methyl sites for hydroxylation is 8. The number of rotatable bonds is 22. The molecular formula is C74H116ClN5O22S4. The molecule has 32 heteroatoms. The largest absolute Gasteiger partial charge is 0.497 e. The quantitative estimate of drug-likeness (QED) is 0.0315. The molecule has 5 heterocycles. The van der Waals surface area contributed by atoms with Crippen molar-refractivity contribution in [2.24, 2.45) is 0 Å². The molecule has 4 aromatic carbocycles. The number of nitrogens with one attached hydrogen (secondary N) is 2. The Kier molecular flexibility index (Phi) is 38.1. The van der Waals surface area contributed by atoms with Crippen LogP contribution in [0.1, 0.15) is 162 Å². The molecule has 0 amide bonds. The minimum absolute atomic E-state index is 0.0831. The van der Waals surface area contributed by atoms with Crippen LogP contribution in [0.2, 0.25) is 0 Å². The highest BCUT2D eigenvalue weighted by atomic mass is 35.7. The molecule has 9 rings (SSSR count). The second-order valence-corrected chi connectivity index (χ2v) is 35.9. The highest BCUT2D eigenvalue weighted by molar-refractivity contribution is 8.13. The number of sulfonamides is 3. The lowest BCUT2D eigenvalue weighted by Gasteiger charge is -2.35. The van der Waals surface area contributed by atoms with Crippen LogP contribution in [-0.4, -0.2) is 222 Å². The number of halogens is 1. The number of aliphatic carboxylic acids is 2. The Morgan fingerprint density at radius 2 is 0.774 bits per heavy atom. The molecule has 600 valence electrons. The maximum absolute atomic E-state index is 13.5. The second kappa shape index (κ2) is 43.6. The van der Waals surface area contributed by atoms with Crippen LogP contribution in [0.4, 0.5) is 0 Å². The van der Waals surface area contributed by atoms with Crippen molar-refractivity contribution in [2.75, 3.05) is 101 Å². The molecule has 0 unspecified atom stereocenters. The lowest BCUT2D eigenvalue weighted by molar-refractivity contribution is -0.160. The van der Waals surface area contributed by atoms with Crippen LogP contribution in [0, 0.1) is 55.4 Å². The molecule has 5 saturated heterocycles. The van der Waals surface area contributed by atoms with E-state index in [1.165, 1.54) is 32.9 Å². The first-order valence-corrected chi connectivity index (χ1v) is 42.5. The Morgan fingerprint density at radius 1 is 0.453 bits per heavy atom. The molecular weight excluding hydrogens is 1470 g/mol. The van der Waals surface area contributed by atoms with Crippen LogP contribution in [0.5, 0.6) is 23.0 Å². The van der Waals surface area contributed by atoms with Crippen molar-refractivity contribution in [1.82, 2.24) is 23.5 Å². The summed E-state index contributed by atoms with van der Waals surface area (Å²) in [6.07, 6.45) is 13.9. The number of esters is 1. The average Bonchev–Trinajstić information content (AvgIpc) is 0.783. The number of methoxy groups -OCH3 is 4. The molecule has 0 aliphatic carbocycles. The summed E-state index contributed by atoms with van der Waals surface area (Å²) in [7, 11) is -3.16. The van der Waals surface area contributed by atoms with Gasteiger partial charge in [-0.2, -0.15) is 12.9 Å². The number of carbonyl (C=O) groups is 3. The van der Waals surface area contributed by atoms with E-state index in [1.54, 1.807) is 146 Å². The molecule has 5 atom stereocenters. The number of benzene rings is 4. The van der Waals surface area contributed by atoms with Crippen LogP contribution >= 0.6 is 10.7 Å². The summed E-state index contributed by atoms with van der Waals surface area (Å²) < 4.78 is 143.